The van der Waals surface area contributed by atoms with Crippen molar-refractivity contribution < 1.29 is 19.5 Å². The van der Waals surface area contributed by atoms with Crippen molar-refractivity contribution in [3.8, 4) is 0 Å². The predicted octanol–water partition coefficient (Wildman–Crippen LogP) is 0.831. The maximum Gasteiger partial charge on any atom is 0.411 e. The Kier molecular flexibility index (Phi) is 2.33. The minimum Gasteiger partial charge on any atom is -0.465 e. The van der Waals surface area contributed by atoms with Crippen molar-refractivity contribution in [1.29, 1.82) is 0 Å². The zero-order valence-corrected chi connectivity index (χ0v) is 9.63. The summed E-state index contributed by atoms with van der Waals surface area (Å²) in [6.45, 7) is -0.144. The number of Topliss-reactive ketones (excluding diaryl/α,β-unsaturated/α-hetero) is 2. The maximum atomic E-state index is 11.9. The molecule has 2 atom stereocenters. The molecule has 0 radical (unpaired) electrons. The second kappa shape index (κ2) is 3.76. The highest BCUT2D eigenvalue weighted by molar-refractivity contribution is 6.12. The number of carbonyl (C=O) groups excluding carboxylic acids is 2. The monoisotopic (exact) mass is 248 g/mol. The molecule has 6 nitrogen and oxygen atoms in total. The van der Waals surface area contributed by atoms with Crippen LogP contribution in [0.4, 0.5) is 4.79 Å². The van der Waals surface area contributed by atoms with E-state index in [1.165, 1.54) is 6.20 Å². The second-order valence-electron chi connectivity index (χ2n) is 4.84. The van der Waals surface area contributed by atoms with Gasteiger partial charge in [-0.25, -0.2) is 4.79 Å². The number of amides is 1. The van der Waals surface area contributed by atoms with E-state index in [0.29, 0.717) is 25.0 Å². The summed E-state index contributed by atoms with van der Waals surface area (Å²) in [5.41, 5.74) is 1.30. The summed E-state index contributed by atoms with van der Waals surface area (Å²) in [4.78, 5) is 39.7. The summed E-state index contributed by atoms with van der Waals surface area (Å²) in [5.74, 6) is -0.637. The molecule has 94 valence electrons. The first kappa shape index (κ1) is 11.1. The molecule has 0 aromatic rings. The van der Waals surface area contributed by atoms with Crippen LogP contribution in [-0.4, -0.2) is 39.9 Å². The van der Waals surface area contributed by atoms with E-state index in [0.717, 1.165) is 10.6 Å². The van der Waals surface area contributed by atoms with Gasteiger partial charge in [-0.1, -0.05) is 0 Å². The fraction of sp³-hybridized carbons (Fsp3) is 0.500. The molecule has 2 heterocycles. The van der Waals surface area contributed by atoms with Crippen LogP contribution in [0.5, 0.6) is 0 Å². The lowest BCUT2D eigenvalue weighted by atomic mass is 9.83. The summed E-state index contributed by atoms with van der Waals surface area (Å²) in [7, 11) is 0. The lowest BCUT2D eigenvalue weighted by molar-refractivity contribution is -0.124. The highest BCUT2D eigenvalue weighted by Crippen LogP contribution is 2.37. The van der Waals surface area contributed by atoms with Gasteiger partial charge in [0.15, 0.2) is 5.78 Å². The van der Waals surface area contributed by atoms with Gasteiger partial charge in [-0.2, -0.15) is 0 Å². The van der Waals surface area contributed by atoms with E-state index in [1.807, 2.05) is 0 Å². The van der Waals surface area contributed by atoms with Crippen molar-refractivity contribution >= 4 is 23.4 Å². The number of nitrogens with zero attached hydrogens (tertiary/aromatic N) is 2. The van der Waals surface area contributed by atoms with Crippen LogP contribution in [0.25, 0.3) is 0 Å². The Bertz CT molecular complexity index is 520. The van der Waals surface area contributed by atoms with Crippen LogP contribution in [0.2, 0.25) is 0 Å². The van der Waals surface area contributed by atoms with Crippen molar-refractivity contribution in [2.24, 2.45) is 16.8 Å². The minimum absolute atomic E-state index is 0.144. The number of rotatable bonds is 0. The summed E-state index contributed by atoms with van der Waals surface area (Å²) in [5, 5.41) is 8.90. The van der Waals surface area contributed by atoms with Crippen LogP contribution >= 0.6 is 0 Å². The molecule has 3 rings (SSSR count). The Morgan fingerprint density at radius 1 is 1.28 bits per heavy atom. The third kappa shape index (κ3) is 1.56. The number of ketones is 2. The quantitative estimate of drug-likeness (QED) is 0.687. The first-order chi connectivity index (χ1) is 8.56. The van der Waals surface area contributed by atoms with Gasteiger partial charge in [0.2, 0.25) is 0 Å². The van der Waals surface area contributed by atoms with E-state index in [9.17, 15) is 14.4 Å². The molecule has 0 aromatic heterocycles. The van der Waals surface area contributed by atoms with E-state index in [-0.39, 0.29) is 24.0 Å². The Morgan fingerprint density at radius 2 is 2.06 bits per heavy atom. The van der Waals surface area contributed by atoms with Gasteiger partial charge in [0.1, 0.15) is 5.78 Å². The van der Waals surface area contributed by atoms with Gasteiger partial charge < -0.3 is 5.11 Å². The molecule has 0 aromatic carbocycles. The van der Waals surface area contributed by atoms with Gasteiger partial charge in [0, 0.05) is 18.3 Å². The number of fused-ring (bicyclic) bond motifs is 2. The molecule has 6 heteroatoms. The standard InChI is InChI=1S/C12H12N2O4/c15-10-2-1-8-6(10)3-7-9(13-8)4-14(12(17)18)5-11(7)16/h4,6-7H,1-3,5H2,(H,17,18). The predicted molar refractivity (Wildman–Crippen MR) is 61.1 cm³/mol. The molecule has 3 aliphatic rings. The molecule has 2 unspecified atom stereocenters. The summed E-state index contributed by atoms with van der Waals surface area (Å²) in [6.07, 6.45) is 1.85. The molecule has 0 spiro atoms. The highest BCUT2D eigenvalue weighted by atomic mass is 16.4. The van der Waals surface area contributed by atoms with Crippen LogP contribution in [-0.2, 0) is 9.59 Å². The fourth-order valence-electron chi connectivity index (χ4n) is 2.81. The Morgan fingerprint density at radius 3 is 2.78 bits per heavy atom. The molecule has 0 bridgehead atoms. The number of allylic oxidation sites excluding steroid dienone is 1. The van der Waals surface area contributed by atoms with E-state index in [2.05, 4.69) is 4.99 Å². The van der Waals surface area contributed by atoms with Crippen molar-refractivity contribution in [3.63, 3.8) is 0 Å². The molecule has 1 aliphatic carbocycles. The molecular formula is C12H12N2O4. The molecule has 1 fully saturated rings. The van der Waals surface area contributed by atoms with Gasteiger partial charge in [-0.05, 0) is 12.8 Å². The van der Waals surface area contributed by atoms with Crippen molar-refractivity contribution in [3.05, 3.63) is 11.9 Å². The van der Waals surface area contributed by atoms with Crippen molar-refractivity contribution in [1.82, 2.24) is 4.90 Å². The minimum atomic E-state index is -1.15. The van der Waals surface area contributed by atoms with Gasteiger partial charge in [0.05, 0.1) is 24.1 Å². The van der Waals surface area contributed by atoms with Crippen molar-refractivity contribution in [2.75, 3.05) is 6.54 Å². The zero-order valence-electron chi connectivity index (χ0n) is 9.63. The fourth-order valence-corrected chi connectivity index (χ4v) is 2.81. The maximum absolute atomic E-state index is 11.9. The second-order valence-corrected chi connectivity index (χ2v) is 4.84. The normalized spacial score (nSPS) is 30.6. The number of aliphatic imine (C=N–C) groups is 1. The summed E-state index contributed by atoms with van der Waals surface area (Å²) >= 11 is 0. The summed E-state index contributed by atoms with van der Waals surface area (Å²) < 4.78 is 0. The molecule has 18 heavy (non-hydrogen) atoms. The molecule has 1 N–H and O–H groups in total. The van der Waals surface area contributed by atoms with E-state index < -0.39 is 12.0 Å². The lowest BCUT2D eigenvalue weighted by Gasteiger charge is -2.31. The average Bonchev–Trinajstić information content (AvgIpc) is 2.68. The average molecular weight is 248 g/mol. The number of hydrogen-bond donors (Lipinski definition) is 1. The van der Waals surface area contributed by atoms with Crippen LogP contribution in [0.3, 0.4) is 0 Å². The Hall–Kier alpha value is -1.98. The van der Waals surface area contributed by atoms with Crippen LogP contribution < -0.4 is 0 Å². The van der Waals surface area contributed by atoms with E-state index in [4.69, 9.17) is 5.11 Å². The Balaban J connectivity index is 1.99. The van der Waals surface area contributed by atoms with Gasteiger partial charge >= 0.3 is 6.09 Å². The molecule has 1 saturated carbocycles. The topological polar surface area (TPSA) is 87.0 Å². The van der Waals surface area contributed by atoms with Gasteiger partial charge in [0.25, 0.3) is 0 Å². The lowest BCUT2D eigenvalue weighted by Crippen LogP contribution is -2.41. The van der Waals surface area contributed by atoms with E-state index >= 15 is 0 Å². The van der Waals surface area contributed by atoms with Gasteiger partial charge in [-0.15, -0.1) is 0 Å². The largest absolute Gasteiger partial charge is 0.465 e. The van der Waals surface area contributed by atoms with Crippen molar-refractivity contribution in [2.45, 2.75) is 19.3 Å². The van der Waals surface area contributed by atoms with Crippen LogP contribution in [0, 0.1) is 11.8 Å². The molecule has 1 amide bonds. The number of hydrogen-bond acceptors (Lipinski definition) is 4. The summed E-state index contributed by atoms with van der Waals surface area (Å²) in [6, 6.07) is 0. The Labute approximate surface area is 103 Å². The van der Waals surface area contributed by atoms with Crippen LogP contribution in [0.1, 0.15) is 19.3 Å². The zero-order chi connectivity index (χ0) is 12.9. The highest BCUT2D eigenvalue weighted by Gasteiger charge is 2.42. The smallest absolute Gasteiger partial charge is 0.411 e. The molecule has 0 saturated heterocycles. The SMILES string of the molecule is O=C1CN(C(=O)O)C=C2N=C3CCC(=O)C3CC12. The molecule has 2 aliphatic heterocycles. The van der Waals surface area contributed by atoms with Gasteiger partial charge in [-0.3, -0.25) is 19.5 Å². The first-order valence-corrected chi connectivity index (χ1v) is 5.90. The third-order valence-electron chi connectivity index (χ3n) is 3.77. The first-order valence-electron chi connectivity index (χ1n) is 5.90. The molecular weight excluding hydrogens is 236 g/mol. The number of carbonyl (C=O) groups is 3. The number of carboxylic acid groups (broad SMARTS) is 1. The van der Waals surface area contributed by atoms with E-state index in [1.54, 1.807) is 0 Å². The van der Waals surface area contributed by atoms with Crippen LogP contribution in [0.15, 0.2) is 16.9 Å². The third-order valence-corrected chi connectivity index (χ3v) is 3.77.